The monoisotopic (exact) mass is 279 g/mol. The molecule has 0 bridgehead atoms. The van der Waals surface area contributed by atoms with Gasteiger partial charge in [0.1, 0.15) is 0 Å². The predicted molar refractivity (Wildman–Crippen MR) is 82.3 cm³/mol. The Hall–Kier alpha value is -2.49. The van der Waals surface area contributed by atoms with E-state index in [9.17, 15) is 4.79 Å². The van der Waals surface area contributed by atoms with Crippen LogP contribution in [0.5, 0.6) is 0 Å². The Morgan fingerprint density at radius 2 is 2.05 bits per heavy atom. The van der Waals surface area contributed by atoms with Crippen molar-refractivity contribution in [2.24, 2.45) is 7.05 Å². The molecular formula is C17H17N3O. The molecule has 3 aromatic rings. The van der Waals surface area contributed by atoms with Crippen molar-refractivity contribution in [2.75, 3.05) is 0 Å². The summed E-state index contributed by atoms with van der Waals surface area (Å²) in [5, 5.41) is 5.06. The molecule has 4 heteroatoms. The first-order valence-corrected chi connectivity index (χ1v) is 7.01. The van der Waals surface area contributed by atoms with Crippen LogP contribution in [0.25, 0.3) is 10.9 Å². The fourth-order valence-corrected chi connectivity index (χ4v) is 2.56. The van der Waals surface area contributed by atoms with Crippen LogP contribution >= 0.6 is 0 Å². The van der Waals surface area contributed by atoms with Crippen LogP contribution in [0.15, 0.2) is 42.6 Å². The van der Waals surface area contributed by atoms with Gasteiger partial charge in [-0.15, -0.1) is 0 Å². The quantitative estimate of drug-likeness (QED) is 0.689. The molecule has 4 nitrogen and oxygen atoms in total. The minimum absolute atomic E-state index is 0.151. The van der Waals surface area contributed by atoms with Crippen LogP contribution in [-0.4, -0.2) is 20.5 Å². The molecule has 0 aliphatic rings. The molecule has 0 aliphatic carbocycles. The molecule has 0 unspecified atom stereocenters. The van der Waals surface area contributed by atoms with E-state index in [1.807, 2.05) is 55.1 Å². The van der Waals surface area contributed by atoms with Crippen LogP contribution in [0.4, 0.5) is 0 Å². The summed E-state index contributed by atoms with van der Waals surface area (Å²) in [5.41, 5.74) is 3.58. The highest BCUT2D eigenvalue weighted by atomic mass is 16.1. The number of fused-ring (bicyclic) bond motifs is 1. The first-order chi connectivity index (χ1) is 10.1. The molecule has 2 heterocycles. The van der Waals surface area contributed by atoms with Gasteiger partial charge in [0.2, 0.25) is 0 Å². The topological polar surface area (TPSA) is 47.8 Å². The number of hydrogen-bond donors (Lipinski definition) is 0. The fraction of sp³-hybridized carbons (Fsp3) is 0.235. The first kappa shape index (κ1) is 13.5. The molecular weight excluding hydrogens is 262 g/mol. The van der Waals surface area contributed by atoms with Crippen LogP contribution in [0.1, 0.15) is 28.2 Å². The van der Waals surface area contributed by atoms with Crippen LogP contribution in [0.3, 0.4) is 0 Å². The van der Waals surface area contributed by atoms with Gasteiger partial charge >= 0.3 is 0 Å². The van der Waals surface area contributed by atoms with Crippen molar-refractivity contribution in [3.63, 3.8) is 0 Å². The van der Waals surface area contributed by atoms with Gasteiger partial charge in [-0.05, 0) is 31.5 Å². The van der Waals surface area contributed by atoms with Gasteiger partial charge in [0.05, 0.1) is 5.52 Å². The number of para-hydroxylation sites is 1. The Kier molecular flexibility index (Phi) is 3.52. The standard InChI is InChI=1S/C17H17N3O/c1-12-11-15(14-5-3-4-6-16(14)19-12)17(21)8-7-13-9-10-18-20(13)2/h3-6,9-11H,7-8H2,1-2H3. The van der Waals surface area contributed by atoms with E-state index >= 15 is 0 Å². The number of ketones is 1. The Bertz CT molecular complexity index is 805. The maximum atomic E-state index is 12.6. The highest BCUT2D eigenvalue weighted by Crippen LogP contribution is 2.20. The Labute approximate surface area is 123 Å². The third kappa shape index (κ3) is 2.70. The Morgan fingerprint density at radius 3 is 2.81 bits per heavy atom. The van der Waals surface area contributed by atoms with Crippen molar-refractivity contribution in [3.8, 4) is 0 Å². The smallest absolute Gasteiger partial charge is 0.164 e. The number of rotatable bonds is 4. The maximum Gasteiger partial charge on any atom is 0.164 e. The summed E-state index contributed by atoms with van der Waals surface area (Å²) in [6, 6.07) is 11.6. The normalized spacial score (nSPS) is 11.0. The van der Waals surface area contributed by atoms with E-state index in [4.69, 9.17) is 0 Å². The molecule has 0 spiro atoms. The largest absolute Gasteiger partial charge is 0.294 e. The minimum atomic E-state index is 0.151. The molecule has 0 atom stereocenters. The molecule has 0 aliphatic heterocycles. The lowest BCUT2D eigenvalue weighted by molar-refractivity contribution is 0.0983. The zero-order valence-corrected chi connectivity index (χ0v) is 12.2. The lowest BCUT2D eigenvalue weighted by atomic mass is 10.0. The second-order valence-corrected chi connectivity index (χ2v) is 5.20. The maximum absolute atomic E-state index is 12.6. The van der Waals surface area contributed by atoms with Crippen molar-refractivity contribution in [1.29, 1.82) is 0 Å². The third-order valence-electron chi connectivity index (χ3n) is 3.68. The van der Waals surface area contributed by atoms with Crippen LogP contribution in [-0.2, 0) is 13.5 Å². The summed E-state index contributed by atoms with van der Waals surface area (Å²) in [6.07, 6.45) is 2.93. The summed E-state index contributed by atoms with van der Waals surface area (Å²) in [5.74, 6) is 0.151. The number of aromatic nitrogens is 3. The molecule has 106 valence electrons. The van der Waals surface area contributed by atoms with Gasteiger partial charge in [-0.2, -0.15) is 5.10 Å². The lowest BCUT2D eigenvalue weighted by Gasteiger charge is -2.07. The van der Waals surface area contributed by atoms with E-state index in [0.29, 0.717) is 12.8 Å². The number of pyridine rings is 1. The second kappa shape index (κ2) is 5.48. The third-order valence-corrected chi connectivity index (χ3v) is 3.68. The van der Waals surface area contributed by atoms with Gasteiger partial charge in [0, 0.05) is 42.0 Å². The summed E-state index contributed by atoms with van der Waals surface area (Å²) in [6.45, 7) is 1.92. The van der Waals surface area contributed by atoms with E-state index in [-0.39, 0.29) is 5.78 Å². The van der Waals surface area contributed by atoms with Gasteiger partial charge in [-0.1, -0.05) is 18.2 Å². The van der Waals surface area contributed by atoms with Crippen LogP contribution in [0, 0.1) is 6.92 Å². The average Bonchev–Trinajstić information content (AvgIpc) is 2.89. The molecule has 21 heavy (non-hydrogen) atoms. The Balaban J connectivity index is 1.89. The number of benzene rings is 1. The molecule has 3 rings (SSSR count). The van der Waals surface area contributed by atoms with Gasteiger partial charge in [0.25, 0.3) is 0 Å². The summed E-state index contributed by atoms with van der Waals surface area (Å²) in [7, 11) is 1.89. The summed E-state index contributed by atoms with van der Waals surface area (Å²) < 4.78 is 1.81. The molecule has 0 N–H and O–H groups in total. The highest BCUT2D eigenvalue weighted by molar-refractivity contribution is 6.07. The van der Waals surface area contributed by atoms with Gasteiger partial charge in [0.15, 0.2) is 5.78 Å². The molecule has 0 saturated heterocycles. The zero-order valence-electron chi connectivity index (χ0n) is 12.2. The van der Waals surface area contributed by atoms with E-state index in [1.165, 1.54) is 0 Å². The highest BCUT2D eigenvalue weighted by Gasteiger charge is 2.12. The fourth-order valence-electron chi connectivity index (χ4n) is 2.56. The van der Waals surface area contributed by atoms with E-state index in [0.717, 1.165) is 27.9 Å². The van der Waals surface area contributed by atoms with Crippen molar-refractivity contribution < 1.29 is 4.79 Å². The average molecular weight is 279 g/mol. The summed E-state index contributed by atoms with van der Waals surface area (Å²) in [4.78, 5) is 17.0. The van der Waals surface area contributed by atoms with Crippen LogP contribution in [0.2, 0.25) is 0 Å². The number of hydrogen-bond acceptors (Lipinski definition) is 3. The molecule has 0 fully saturated rings. The van der Waals surface area contributed by atoms with Crippen molar-refractivity contribution in [3.05, 3.63) is 59.5 Å². The van der Waals surface area contributed by atoms with Gasteiger partial charge < -0.3 is 0 Å². The lowest BCUT2D eigenvalue weighted by Crippen LogP contribution is -2.06. The van der Waals surface area contributed by atoms with Gasteiger partial charge in [-0.3, -0.25) is 14.5 Å². The molecule has 2 aromatic heterocycles. The van der Waals surface area contributed by atoms with Crippen molar-refractivity contribution in [1.82, 2.24) is 14.8 Å². The van der Waals surface area contributed by atoms with E-state index < -0.39 is 0 Å². The number of Topliss-reactive ketones (excluding diaryl/α,β-unsaturated/α-hetero) is 1. The minimum Gasteiger partial charge on any atom is -0.294 e. The summed E-state index contributed by atoms with van der Waals surface area (Å²) >= 11 is 0. The van der Waals surface area contributed by atoms with Crippen LogP contribution < -0.4 is 0 Å². The number of carbonyl (C=O) groups is 1. The first-order valence-electron chi connectivity index (χ1n) is 7.01. The zero-order chi connectivity index (χ0) is 14.8. The van der Waals surface area contributed by atoms with Crippen molar-refractivity contribution >= 4 is 16.7 Å². The van der Waals surface area contributed by atoms with E-state index in [2.05, 4.69) is 10.1 Å². The molecule has 0 amide bonds. The second-order valence-electron chi connectivity index (χ2n) is 5.20. The number of carbonyl (C=O) groups excluding carboxylic acids is 1. The molecule has 1 aromatic carbocycles. The van der Waals surface area contributed by atoms with E-state index in [1.54, 1.807) is 6.20 Å². The SMILES string of the molecule is Cc1cc(C(=O)CCc2ccnn2C)c2ccccc2n1. The molecule has 0 radical (unpaired) electrons. The number of nitrogens with zero attached hydrogens (tertiary/aromatic N) is 3. The Morgan fingerprint density at radius 1 is 1.24 bits per heavy atom. The number of aryl methyl sites for hydroxylation is 3. The predicted octanol–water partition coefficient (Wildman–Crippen LogP) is 3.09. The van der Waals surface area contributed by atoms with Crippen molar-refractivity contribution in [2.45, 2.75) is 19.8 Å². The van der Waals surface area contributed by atoms with Gasteiger partial charge in [-0.25, -0.2) is 0 Å². The molecule has 0 saturated carbocycles.